The van der Waals surface area contributed by atoms with Crippen LogP contribution in [0.25, 0.3) is 0 Å². The zero-order chi connectivity index (χ0) is 12.5. The van der Waals surface area contributed by atoms with Crippen LogP contribution < -0.4 is 10.6 Å². The molecular weight excluding hydrogens is 231 g/mol. The van der Waals surface area contributed by atoms with Crippen LogP contribution in [-0.2, 0) is 6.42 Å². The third-order valence-electron chi connectivity index (χ3n) is 4.01. The zero-order valence-electron chi connectivity index (χ0n) is 10.6. The van der Waals surface area contributed by atoms with Crippen molar-refractivity contribution in [3.8, 4) is 0 Å². The van der Waals surface area contributed by atoms with Gasteiger partial charge in [0, 0.05) is 18.1 Å². The lowest BCUT2D eigenvalue weighted by Gasteiger charge is -2.30. The summed E-state index contributed by atoms with van der Waals surface area (Å²) in [7, 11) is 0. The first-order chi connectivity index (χ1) is 8.76. The summed E-state index contributed by atoms with van der Waals surface area (Å²) in [6.07, 6.45) is 6.65. The second-order valence-electron chi connectivity index (χ2n) is 5.29. The van der Waals surface area contributed by atoms with Gasteiger partial charge in [-0.15, -0.1) is 0 Å². The largest absolute Gasteiger partial charge is 0.365 e. The molecule has 18 heavy (non-hydrogen) atoms. The molecule has 2 fully saturated rings. The van der Waals surface area contributed by atoms with Gasteiger partial charge >= 0.3 is 0 Å². The van der Waals surface area contributed by atoms with E-state index in [9.17, 15) is 4.39 Å². The molecule has 1 aromatic heterocycles. The third kappa shape index (κ3) is 2.19. The topological polar surface area (TPSA) is 49.8 Å². The fourth-order valence-electron chi connectivity index (χ4n) is 3.12. The highest BCUT2D eigenvalue weighted by Crippen LogP contribution is 2.29. The maximum atomic E-state index is 14.0. The molecule has 0 radical (unpaired) electrons. The van der Waals surface area contributed by atoms with E-state index >= 15 is 0 Å². The minimum absolute atomic E-state index is 0.286. The fraction of sp³-hybridized carbons (Fsp3) is 0.692. The van der Waals surface area contributed by atoms with Gasteiger partial charge in [-0.3, -0.25) is 0 Å². The first kappa shape index (κ1) is 11.8. The van der Waals surface area contributed by atoms with E-state index in [1.165, 1.54) is 19.2 Å². The Balaban J connectivity index is 1.73. The van der Waals surface area contributed by atoms with Crippen LogP contribution in [0, 0.1) is 5.82 Å². The second kappa shape index (κ2) is 4.80. The fourth-order valence-corrected chi connectivity index (χ4v) is 3.12. The van der Waals surface area contributed by atoms with Crippen molar-refractivity contribution in [3.63, 3.8) is 0 Å². The third-order valence-corrected chi connectivity index (χ3v) is 4.01. The summed E-state index contributed by atoms with van der Waals surface area (Å²) in [5.74, 6) is 0.0824. The number of aromatic nitrogens is 2. The van der Waals surface area contributed by atoms with Crippen molar-refractivity contribution >= 4 is 5.82 Å². The van der Waals surface area contributed by atoms with Crippen molar-refractivity contribution < 1.29 is 4.39 Å². The minimum Gasteiger partial charge on any atom is -0.365 e. The number of fused-ring (bicyclic) bond motifs is 2. The summed E-state index contributed by atoms with van der Waals surface area (Å²) < 4.78 is 14.0. The molecular formula is C13H19FN4. The lowest BCUT2D eigenvalue weighted by molar-refractivity contribution is 0.376. The maximum Gasteiger partial charge on any atom is 0.186 e. The van der Waals surface area contributed by atoms with Crippen molar-refractivity contribution in [1.29, 1.82) is 0 Å². The quantitative estimate of drug-likeness (QED) is 0.860. The molecule has 0 aromatic carbocycles. The number of nitrogens with one attached hydrogen (secondary N) is 2. The molecule has 3 rings (SSSR count). The normalized spacial score (nSPS) is 30.4. The van der Waals surface area contributed by atoms with Crippen LogP contribution in [-0.4, -0.2) is 28.1 Å². The molecule has 2 aliphatic rings. The van der Waals surface area contributed by atoms with Crippen LogP contribution >= 0.6 is 0 Å². The number of rotatable bonds is 3. The molecule has 2 saturated heterocycles. The lowest BCUT2D eigenvalue weighted by Crippen LogP contribution is -2.43. The smallest absolute Gasteiger partial charge is 0.186 e. The van der Waals surface area contributed by atoms with Gasteiger partial charge in [0.05, 0.1) is 5.69 Å². The van der Waals surface area contributed by atoms with E-state index in [1.807, 2.05) is 6.92 Å². The van der Waals surface area contributed by atoms with E-state index in [-0.39, 0.29) is 5.82 Å². The molecule has 0 aliphatic carbocycles. The van der Waals surface area contributed by atoms with E-state index in [1.54, 1.807) is 0 Å². The van der Waals surface area contributed by atoms with Crippen molar-refractivity contribution in [2.75, 3.05) is 5.32 Å². The van der Waals surface area contributed by atoms with Crippen molar-refractivity contribution in [2.45, 2.75) is 57.2 Å². The molecule has 2 unspecified atom stereocenters. The number of hydrogen-bond donors (Lipinski definition) is 2. The maximum absolute atomic E-state index is 14.0. The Morgan fingerprint density at radius 1 is 1.33 bits per heavy atom. The standard InChI is InChI=1S/C13H19FN4/c1-2-11-12(14)13(16-7-15-11)18-10-5-8-3-4-9(6-10)17-8/h7-10,17H,2-6H2,1H3,(H,15,16,18). The van der Waals surface area contributed by atoms with Gasteiger partial charge in [-0.05, 0) is 32.1 Å². The first-order valence-corrected chi connectivity index (χ1v) is 6.78. The Hall–Kier alpha value is -1.23. The van der Waals surface area contributed by atoms with Gasteiger partial charge in [0.15, 0.2) is 11.6 Å². The number of anilines is 1. The van der Waals surface area contributed by atoms with Gasteiger partial charge in [-0.2, -0.15) is 0 Å². The molecule has 1 aromatic rings. The van der Waals surface area contributed by atoms with Crippen molar-refractivity contribution in [2.24, 2.45) is 0 Å². The highest BCUT2D eigenvalue weighted by atomic mass is 19.1. The predicted octanol–water partition coefficient (Wildman–Crippen LogP) is 1.87. The zero-order valence-corrected chi connectivity index (χ0v) is 10.6. The van der Waals surface area contributed by atoms with Crippen LogP contribution in [0.3, 0.4) is 0 Å². The van der Waals surface area contributed by atoms with Gasteiger partial charge in [0.2, 0.25) is 0 Å². The molecule has 0 amide bonds. The Morgan fingerprint density at radius 2 is 2.06 bits per heavy atom. The predicted molar refractivity (Wildman–Crippen MR) is 68.0 cm³/mol. The van der Waals surface area contributed by atoms with Gasteiger partial charge in [0.1, 0.15) is 6.33 Å². The molecule has 5 heteroatoms. The summed E-state index contributed by atoms with van der Waals surface area (Å²) >= 11 is 0. The molecule has 3 heterocycles. The number of halogens is 1. The van der Waals surface area contributed by atoms with Gasteiger partial charge in [0.25, 0.3) is 0 Å². The number of nitrogens with zero attached hydrogens (tertiary/aromatic N) is 2. The van der Waals surface area contributed by atoms with E-state index in [0.29, 0.717) is 36.1 Å². The van der Waals surface area contributed by atoms with Crippen LogP contribution in [0.4, 0.5) is 10.2 Å². The van der Waals surface area contributed by atoms with E-state index in [4.69, 9.17) is 0 Å². The Labute approximate surface area is 106 Å². The summed E-state index contributed by atoms with van der Waals surface area (Å²) in [5, 5.41) is 6.84. The van der Waals surface area contributed by atoms with E-state index < -0.39 is 0 Å². The summed E-state index contributed by atoms with van der Waals surface area (Å²) in [6, 6.07) is 1.52. The molecule has 4 nitrogen and oxygen atoms in total. The van der Waals surface area contributed by atoms with Gasteiger partial charge < -0.3 is 10.6 Å². The minimum atomic E-state index is -0.286. The average Bonchev–Trinajstić information content (AvgIpc) is 2.71. The monoisotopic (exact) mass is 250 g/mol. The second-order valence-corrected chi connectivity index (χ2v) is 5.29. The highest BCUT2D eigenvalue weighted by molar-refractivity contribution is 5.38. The Bertz CT molecular complexity index is 425. The van der Waals surface area contributed by atoms with E-state index in [0.717, 1.165) is 12.8 Å². The van der Waals surface area contributed by atoms with Crippen molar-refractivity contribution in [3.05, 3.63) is 17.8 Å². The van der Waals surface area contributed by atoms with Crippen molar-refractivity contribution in [1.82, 2.24) is 15.3 Å². The SMILES string of the molecule is CCc1ncnc(NC2CC3CCC(C2)N3)c1F. The van der Waals surface area contributed by atoms with Crippen LogP contribution in [0.15, 0.2) is 6.33 Å². The average molecular weight is 250 g/mol. The molecule has 2 aliphatic heterocycles. The number of piperidine rings is 1. The molecule has 0 saturated carbocycles. The Kier molecular flexibility index (Phi) is 3.16. The van der Waals surface area contributed by atoms with Crippen LogP contribution in [0.5, 0.6) is 0 Å². The van der Waals surface area contributed by atoms with Crippen LogP contribution in [0.2, 0.25) is 0 Å². The first-order valence-electron chi connectivity index (χ1n) is 6.78. The van der Waals surface area contributed by atoms with Crippen LogP contribution in [0.1, 0.15) is 38.3 Å². The molecule has 2 atom stereocenters. The Morgan fingerprint density at radius 3 is 2.72 bits per heavy atom. The lowest BCUT2D eigenvalue weighted by atomic mass is 10.00. The molecule has 0 spiro atoms. The summed E-state index contributed by atoms with van der Waals surface area (Å²) in [4.78, 5) is 7.99. The highest BCUT2D eigenvalue weighted by Gasteiger charge is 2.33. The molecule has 2 bridgehead atoms. The number of aryl methyl sites for hydroxylation is 1. The summed E-state index contributed by atoms with van der Waals surface area (Å²) in [6.45, 7) is 1.90. The molecule has 2 N–H and O–H groups in total. The molecule has 98 valence electrons. The number of hydrogen-bond acceptors (Lipinski definition) is 4. The van der Waals surface area contributed by atoms with Gasteiger partial charge in [-0.25, -0.2) is 14.4 Å². The summed E-state index contributed by atoms with van der Waals surface area (Å²) in [5.41, 5.74) is 0.490. The van der Waals surface area contributed by atoms with E-state index in [2.05, 4.69) is 20.6 Å². The van der Waals surface area contributed by atoms with Gasteiger partial charge in [-0.1, -0.05) is 6.92 Å².